The number of aromatic nitrogens is 1. The van der Waals surface area contributed by atoms with Gasteiger partial charge in [0.15, 0.2) is 6.10 Å². The Morgan fingerprint density at radius 1 is 1.29 bits per heavy atom. The van der Waals surface area contributed by atoms with Crippen LogP contribution in [0.2, 0.25) is 0 Å². The maximum Gasteiger partial charge on any atom is 0.265 e. The van der Waals surface area contributed by atoms with Gasteiger partial charge in [-0.1, -0.05) is 5.16 Å². The summed E-state index contributed by atoms with van der Waals surface area (Å²) >= 11 is 0. The number of hydrogen-bond acceptors (Lipinski definition) is 7. The molecule has 1 aliphatic rings. The molecule has 1 atom stereocenters. The summed E-state index contributed by atoms with van der Waals surface area (Å²) in [6, 6.07) is 2.81. The maximum atomic E-state index is 12.7. The predicted molar refractivity (Wildman–Crippen MR) is 99.5 cm³/mol. The van der Waals surface area contributed by atoms with Crippen LogP contribution < -0.4 is 14.8 Å². The van der Waals surface area contributed by atoms with Crippen molar-refractivity contribution in [2.75, 3.05) is 5.32 Å². The van der Waals surface area contributed by atoms with E-state index in [9.17, 15) is 18.0 Å². The summed E-state index contributed by atoms with van der Waals surface area (Å²) in [6.07, 6.45) is -0.455. The molecule has 0 unspecified atom stereocenters. The molecule has 0 bridgehead atoms. The molecule has 0 spiro atoms. The van der Waals surface area contributed by atoms with E-state index in [-0.39, 0.29) is 23.0 Å². The van der Waals surface area contributed by atoms with Crippen molar-refractivity contribution in [3.8, 4) is 5.75 Å². The van der Waals surface area contributed by atoms with Crippen molar-refractivity contribution >= 4 is 27.5 Å². The SMILES string of the molecule is Cc1cc2c(cc1S(=O)(=O)NC(=O)CCc1c(C)noc1C)O[C@H](C)C(=O)N2. The fourth-order valence-electron chi connectivity index (χ4n) is 2.99. The number of carbonyl (C=O) groups excluding carboxylic acids is 2. The Morgan fingerprint density at radius 3 is 2.64 bits per heavy atom. The number of hydrogen-bond donors (Lipinski definition) is 2. The average molecular weight is 407 g/mol. The number of rotatable bonds is 5. The fraction of sp³-hybridized carbons (Fsp3) is 0.389. The number of ether oxygens (including phenoxy) is 1. The van der Waals surface area contributed by atoms with Crippen molar-refractivity contribution in [1.82, 2.24) is 9.88 Å². The third-order valence-corrected chi connectivity index (χ3v) is 6.04. The Balaban J connectivity index is 1.76. The van der Waals surface area contributed by atoms with Crippen LogP contribution in [0, 0.1) is 20.8 Å². The van der Waals surface area contributed by atoms with Crippen LogP contribution >= 0.6 is 0 Å². The normalized spacial score (nSPS) is 16.1. The standard InChI is InChI=1S/C18H21N3O6S/c1-9-7-14-15(26-12(4)18(23)19-14)8-16(9)28(24,25)21-17(22)6-5-13-10(2)20-27-11(13)3/h7-8,12H,5-6H2,1-4H3,(H,19,23)(H,21,22)/t12-/m1/s1. The number of carbonyl (C=O) groups is 2. The van der Waals surface area contributed by atoms with E-state index in [1.165, 1.54) is 12.1 Å². The molecule has 1 aromatic carbocycles. The maximum absolute atomic E-state index is 12.7. The molecule has 9 nitrogen and oxygen atoms in total. The lowest BCUT2D eigenvalue weighted by Crippen LogP contribution is -2.35. The second kappa shape index (κ2) is 7.27. The highest BCUT2D eigenvalue weighted by Crippen LogP contribution is 2.34. The molecule has 0 saturated carbocycles. The number of anilines is 1. The summed E-state index contributed by atoms with van der Waals surface area (Å²) in [7, 11) is -4.10. The lowest BCUT2D eigenvalue weighted by atomic mass is 10.1. The Bertz CT molecular complexity index is 1040. The van der Waals surface area contributed by atoms with Crippen molar-refractivity contribution in [3.63, 3.8) is 0 Å². The molecule has 10 heteroatoms. The van der Waals surface area contributed by atoms with Crippen LogP contribution in [0.25, 0.3) is 0 Å². The van der Waals surface area contributed by atoms with Gasteiger partial charge in [0.25, 0.3) is 15.9 Å². The number of aryl methyl sites for hydroxylation is 3. The third-order valence-electron chi connectivity index (χ3n) is 4.53. The van der Waals surface area contributed by atoms with Gasteiger partial charge in [0.1, 0.15) is 11.5 Å². The summed E-state index contributed by atoms with van der Waals surface area (Å²) < 4.78 is 37.9. The van der Waals surface area contributed by atoms with E-state index in [1.54, 1.807) is 27.7 Å². The Hall–Kier alpha value is -2.88. The first-order valence-electron chi connectivity index (χ1n) is 8.68. The van der Waals surface area contributed by atoms with Crippen LogP contribution in [0.3, 0.4) is 0 Å². The first kappa shape index (κ1) is 19.9. The molecule has 1 aliphatic heterocycles. The summed E-state index contributed by atoms with van der Waals surface area (Å²) in [5, 5.41) is 6.47. The highest BCUT2D eigenvalue weighted by Gasteiger charge is 2.28. The third kappa shape index (κ3) is 3.86. The molecule has 0 fully saturated rings. The number of nitrogens with one attached hydrogen (secondary N) is 2. The van der Waals surface area contributed by atoms with Gasteiger partial charge in [-0.15, -0.1) is 0 Å². The number of nitrogens with zero attached hydrogens (tertiary/aromatic N) is 1. The fourth-order valence-corrected chi connectivity index (χ4v) is 4.24. The summed E-state index contributed by atoms with van der Waals surface area (Å²) in [6.45, 7) is 6.63. The van der Waals surface area contributed by atoms with Gasteiger partial charge in [-0.2, -0.15) is 0 Å². The number of sulfonamides is 1. The lowest BCUT2D eigenvalue weighted by Gasteiger charge is -2.24. The topological polar surface area (TPSA) is 128 Å². The second-order valence-electron chi connectivity index (χ2n) is 6.69. The predicted octanol–water partition coefficient (Wildman–Crippen LogP) is 1.76. The van der Waals surface area contributed by atoms with Gasteiger partial charge in [0.05, 0.1) is 16.3 Å². The second-order valence-corrected chi connectivity index (χ2v) is 8.35. The van der Waals surface area contributed by atoms with Gasteiger partial charge < -0.3 is 14.6 Å². The van der Waals surface area contributed by atoms with Crippen molar-refractivity contribution in [2.24, 2.45) is 0 Å². The molecule has 150 valence electrons. The van der Waals surface area contributed by atoms with Crippen LogP contribution in [0.15, 0.2) is 21.6 Å². The van der Waals surface area contributed by atoms with E-state index >= 15 is 0 Å². The molecular weight excluding hydrogens is 386 g/mol. The molecule has 28 heavy (non-hydrogen) atoms. The van der Waals surface area contributed by atoms with E-state index < -0.39 is 22.0 Å². The van der Waals surface area contributed by atoms with Gasteiger partial charge in [-0.05, 0) is 45.7 Å². The molecule has 2 aromatic rings. The Kier molecular flexibility index (Phi) is 5.16. The van der Waals surface area contributed by atoms with Crippen molar-refractivity contribution in [3.05, 3.63) is 34.7 Å². The van der Waals surface area contributed by atoms with Gasteiger partial charge in [0, 0.05) is 18.1 Å². The lowest BCUT2D eigenvalue weighted by molar-refractivity contribution is -0.122. The van der Waals surface area contributed by atoms with Gasteiger partial charge >= 0.3 is 0 Å². The highest BCUT2D eigenvalue weighted by molar-refractivity contribution is 7.90. The van der Waals surface area contributed by atoms with Crippen LogP contribution in [0.1, 0.15) is 35.9 Å². The Morgan fingerprint density at radius 2 is 2.00 bits per heavy atom. The molecular formula is C18H21N3O6S. The van der Waals surface area contributed by atoms with Crippen molar-refractivity contribution in [2.45, 2.75) is 51.5 Å². The summed E-state index contributed by atoms with van der Waals surface area (Å²) in [5.41, 5.74) is 2.23. The van der Waals surface area contributed by atoms with E-state index in [0.29, 0.717) is 29.1 Å². The number of fused-ring (bicyclic) bond motifs is 1. The van der Waals surface area contributed by atoms with E-state index in [0.717, 1.165) is 5.56 Å². The van der Waals surface area contributed by atoms with E-state index in [2.05, 4.69) is 15.2 Å². The molecule has 3 rings (SSSR count). The van der Waals surface area contributed by atoms with Crippen LogP contribution in [-0.4, -0.2) is 31.5 Å². The average Bonchev–Trinajstić information content (AvgIpc) is 2.91. The minimum Gasteiger partial charge on any atom is -0.479 e. The Labute approximate surface area is 162 Å². The highest BCUT2D eigenvalue weighted by atomic mass is 32.2. The first-order chi connectivity index (χ1) is 13.1. The minimum atomic E-state index is -4.10. The molecule has 2 heterocycles. The summed E-state index contributed by atoms with van der Waals surface area (Å²) in [5.74, 6) is -0.108. The number of benzene rings is 1. The van der Waals surface area contributed by atoms with Crippen LogP contribution in [0.4, 0.5) is 5.69 Å². The van der Waals surface area contributed by atoms with Gasteiger partial charge in [-0.25, -0.2) is 13.1 Å². The quantitative estimate of drug-likeness (QED) is 0.773. The zero-order valence-corrected chi connectivity index (χ0v) is 16.8. The van der Waals surface area contributed by atoms with Crippen molar-refractivity contribution in [1.29, 1.82) is 0 Å². The number of amides is 2. The molecule has 0 aliphatic carbocycles. The molecule has 2 N–H and O–H groups in total. The smallest absolute Gasteiger partial charge is 0.265 e. The zero-order chi connectivity index (χ0) is 20.6. The van der Waals surface area contributed by atoms with Gasteiger partial charge in [-0.3, -0.25) is 9.59 Å². The molecule has 0 saturated heterocycles. The largest absolute Gasteiger partial charge is 0.479 e. The van der Waals surface area contributed by atoms with Crippen LogP contribution in [0.5, 0.6) is 5.75 Å². The molecule has 2 amide bonds. The van der Waals surface area contributed by atoms with E-state index in [1.807, 2.05) is 0 Å². The van der Waals surface area contributed by atoms with Crippen LogP contribution in [-0.2, 0) is 26.0 Å². The minimum absolute atomic E-state index is 0.0320. The van der Waals surface area contributed by atoms with E-state index in [4.69, 9.17) is 9.26 Å². The zero-order valence-electron chi connectivity index (χ0n) is 16.0. The van der Waals surface area contributed by atoms with Crippen molar-refractivity contribution < 1.29 is 27.3 Å². The molecule has 1 aromatic heterocycles. The molecule has 0 radical (unpaired) electrons. The monoisotopic (exact) mass is 407 g/mol. The first-order valence-corrected chi connectivity index (χ1v) is 10.2. The van der Waals surface area contributed by atoms with Gasteiger partial charge in [0.2, 0.25) is 5.91 Å². The summed E-state index contributed by atoms with van der Waals surface area (Å²) in [4.78, 5) is 23.8.